The molecule has 0 atom stereocenters. The number of aromatic nitrogens is 4. The maximum absolute atomic E-state index is 11.6. The first-order chi connectivity index (χ1) is 12.0. The molecule has 0 aliphatic carbocycles. The minimum absolute atomic E-state index is 0.200. The molecule has 0 aliphatic heterocycles. The summed E-state index contributed by atoms with van der Waals surface area (Å²) in [6.07, 6.45) is 1.50. The van der Waals surface area contributed by atoms with Crippen molar-refractivity contribution >= 4 is 35.0 Å². The number of nitrogens with zero attached hydrogens (tertiary/aromatic N) is 4. The van der Waals surface area contributed by atoms with E-state index in [1.807, 2.05) is 0 Å². The van der Waals surface area contributed by atoms with Gasteiger partial charge in [0.25, 0.3) is 5.91 Å². The van der Waals surface area contributed by atoms with Gasteiger partial charge in [0.15, 0.2) is 0 Å². The molecule has 1 amide bonds. The zero-order valence-corrected chi connectivity index (χ0v) is 14.1. The van der Waals surface area contributed by atoms with Crippen LogP contribution in [0.15, 0.2) is 28.9 Å². The molecule has 0 saturated heterocycles. The van der Waals surface area contributed by atoms with Gasteiger partial charge >= 0.3 is 0 Å². The van der Waals surface area contributed by atoms with Gasteiger partial charge in [0.05, 0.1) is 16.1 Å². The molecule has 0 saturated carbocycles. The van der Waals surface area contributed by atoms with Crippen LogP contribution < -0.4 is 16.4 Å². The van der Waals surface area contributed by atoms with Crippen molar-refractivity contribution in [2.24, 2.45) is 0 Å². The van der Waals surface area contributed by atoms with Crippen LogP contribution in [0.1, 0.15) is 16.2 Å². The summed E-state index contributed by atoms with van der Waals surface area (Å²) >= 11 is 6.11. The normalized spacial score (nSPS) is 10.5. The third kappa shape index (κ3) is 3.50. The molecule has 1 aromatic carbocycles. The van der Waals surface area contributed by atoms with Gasteiger partial charge in [0.2, 0.25) is 17.7 Å². The maximum Gasteiger partial charge on any atom is 0.252 e. The van der Waals surface area contributed by atoms with E-state index < -0.39 is 0 Å². The van der Waals surface area contributed by atoms with Gasteiger partial charge in [-0.3, -0.25) is 4.79 Å². The number of rotatable bonds is 4. The SMILES string of the molecule is CNC(=O)c1ccc(Nc2ncc(-c3noc(C)n3)c(N)n2)cc1Cl. The summed E-state index contributed by atoms with van der Waals surface area (Å²) in [6, 6.07) is 4.89. The van der Waals surface area contributed by atoms with Crippen molar-refractivity contribution in [3.05, 3.63) is 40.9 Å². The number of nitrogens with two attached hydrogens (primary N) is 1. The van der Waals surface area contributed by atoms with Gasteiger partial charge in [-0.2, -0.15) is 9.97 Å². The van der Waals surface area contributed by atoms with Crippen molar-refractivity contribution in [2.75, 3.05) is 18.1 Å². The third-order valence-electron chi connectivity index (χ3n) is 3.28. The summed E-state index contributed by atoms with van der Waals surface area (Å²) in [4.78, 5) is 24.1. The minimum Gasteiger partial charge on any atom is -0.383 e. The quantitative estimate of drug-likeness (QED) is 0.645. The molecule has 0 unspecified atom stereocenters. The molecule has 0 fully saturated rings. The number of carbonyl (C=O) groups is 1. The van der Waals surface area contributed by atoms with Crippen molar-refractivity contribution in [1.82, 2.24) is 25.4 Å². The van der Waals surface area contributed by atoms with Crippen LogP contribution in [0, 0.1) is 6.92 Å². The van der Waals surface area contributed by atoms with Crippen LogP contribution in [0.2, 0.25) is 5.02 Å². The molecule has 25 heavy (non-hydrogen) atoms. The Kier molecular flexibility index (Phi) is 4.48. The second kappa shape index (κ2) is 6.73. The summed E-state index contributed by atoms with van der Waals surface area (Å²) in [5, 5.41) is 9.58. The average Bonchev–Trinajstić information content (AvgIpc) is 3.00. The van der Waals surface area contributed by atoms with Gasteiger partial charge in [0, 0.05) is 25.9 Å². The van der Waals surface area contributed by atoms with E-state index >= 15 is 0 Å². The lowest BCUT2D eigenvalue weighted by Crippen LogP contribution is -2.18. The number of hydrogen-bond acceptors (Lipinski definition) is 8. The Morgan fingerprint density at radius 1 is 1.32 bits per heavy atom. The molecule has 0 aliphatic rings. The van der Waals surface area contributed by atoms with E-state index in [1.165, 1.54) is 13.2 Å². The lowest BCUT2D eigenvalue weighted by Gasteiger charge is -2.09. The molecular weight excluding hydrogens is 346 g/mol. The highest BCUT2D eigenvalue weighted by Crippen LogP contribution is 2.25. The van der Waals surface area contributed by atoms with E-state index in [0.29, 0.717) is 33.6 Å². The van der Waals surface area contributed by atoms with Gasteiger partial charge in [-0.05, 0) is 18.2 Å². The molecule has 2 aromatic heterocycles. The molecule has 0 spiro atoms. The number of benzene rings is 1. The molecular formula is C15H14ClN7O2. The van der Waals surface area contributed by atoms with Crippen LogP contribution in [-0.2, 0) is 0 Å². The Bertz CT molecular complexity index is 941. The smallest absolute Gasteiger partial charge is 0.252 e. The van der Waals surface area contributed by atoms with Gasteiger partial charge in [-0.25, -0.2) is 4.98 Å². The fourth-order valence-electron chi connectivity index (χ4n) is 2.08. The molecule has 4 N–H and O–H groups in total. The average molecular weight is 360 g/mol. The highest BCUT2D eigenvalue weighted by molar-refractivity contribution is 6.34. The highest BCUT2D eigenvalue weighted by atomic mass is 35.5. The van der Waals surface area contributed by atoms with Crippen LogP contribution in [0.4, 0.5) is 17.5 Å². The number of nitrogen functional groups attached to an aromatic ring is 1. The van der Waals surface area contributed by atoms with E-state index in [4.69, 9.17) is 21.9 Å². The number of aryl methyl sites for hydroxylation is 1. The summed E-state index contributed by atoms with van der Waals surface area (Å²) < 4.78 is 4.92. The summed E-state index contributed by atoms with van der Waals surface area (Å²) in [5.41, 5.74) is 7.39. The van der Waals surface area contributed by atoms with Crippen LogP contribution in [0.3, 0.4) is 0 Å². The van der Waals surface area contributed by atoms with E-state index in [9.17, 15) is 4.79 Å². The first-order valence-corrected chi connectivity index (χ1v) is 7.57. The minimum atomic E-state index is -0.267. The second-order valence-electron chi connectivity index (χ2n) is 5.03. The van der Waals surface area contributed by atoms with Crippen molar-refractivity contribution in [2.45, 2.75) is 6.92 Å². The van der Waals surface area contributed by atoms with Crippen molar-refractivity contribution in [3.63, 3.8) is 0 Å². The Morgan fingerprint density at radius 3 is 2.72 bits per heavy atom. The standard InChI is InChI=1S/C15H14ClN7O2/c1-7-20-13(23-25-7)10-6-19-15(22-12(10)17)21-8-3-4-9(11(16)5-8)14(24)18-2/h3-6H,1-2H3,(H,18,24)(H3,17,19,21,22). The molecule has 9 nitrogen and oxygen atoms in total. The number of amides is 1. The van der Waals surface area contributed by atoms with Gasteiger partial charge in [-0.15, -0.1) is 0 Å². The molecule has 3 aromatic rings. The topological polar surface area (TPSA) is 132 Å². The van der Waals surface area contributed by atoms with E-state index in [-0.39, 0.29) is 17.7 Å². The predicted octanol–water partition coefficient (Wildman–Crippen LogP) is 2.17. The molecule has 128 valence electrons. The maximum atomic E-state index is 11.6. The van der Waals surface area contributed by atoms with Gasteiger partial charge in [0.1, 0.15) is 5.82 Å². The van der Waals surface area contributed by atoms with E-state index in [1.54, 1.807) is 25.1 Å². The summed E-state index contributed by atoms with van der Waals surface area (Å²) in [7, 11) is 1.54. The Morgan fingerprint density at radius 2 is 2.12 bits per heavy atom. The Hall–Kier alpha value is -3.20. The van der Waals surface area contributed by atoms with Crippen LogP contribution in [0.5, 0.6) is 0 Å². The predicted molar refractivity (Wildman–Crippen MR) is 92.6 cm³/mol. The molecule has 0 bridgehead atoms. The summed E-state index contributed by atoms with van der Waals surface area (Å²) in [6.45, 7) is 1.68. The first-order valence-electron chi connectivity index (χ1n) is 7.20. The second-order valence-corrected chi connectivity index (χ2v) is 5.44. The fourth-order valence-corrected chi connectivity index (χ4v) is 2.34. The van der Waals surface area contributed by atoms with Crippen molar-refractivity contribution < 1.29 is 9.32 Å². The largest absolute Gasteiger partial charge is 0.383 e. The fraction of sp³-hybridized carbons (Fsp3) is 0.133. The molecule has 3 rings (SSSR count). The number of hydrogen-bond donors (Lipinski definition) is 3. The van der Waals surface area contributed by atoms with Crippen LogP contribution in [-0.4, -0.2) is 33.1 Å². The molecule has 2 heterocycles. The van der Waals surface area contributed by atoms with E-state index in [2.05, 4.69) is 30.7 Å². The summed E-state index contributed by atoms with van der Waals surface area (Å²) in [5.74, 6) is 0.940. The molecule has 10 heteroatoms. The number of anilines is 3. The van der Waals surface area contributed by atoms with Gasteiger partial charge in [-0.1, -0.05) is 16.8 Å². The van der Waals surface area contributed by atoms with Crippen LogP contribution in [0.25, 0.3) is 11.4 Å². The Labute approximate surface area is 147 Å². The number of halogens is 1. The number of carbonyl (C=O) groups excluding carboxylic acids is 1. The monoisotopic (exact) mass is 359 g/mol. The van der Waals surface area contributed by atoms with Gasteiger partial charge < -0.3 is 20.9 Å². The van der Waals surface area contributed by atoms with Crippen molar-refractivity contribution in [3.8, 4) is 11.4 Å². The Balaban J connectivity index is 1.83. The first kappa shape index (κ1) is 16.7. The van der Waals surface area contributed by atoms with E-state index in [0.717, 1.165) is 0 Å². The third-order valence-corrected chi connectivity index (χ3v) is 3.60. The highest BCUT2D eigenvalue weighted by Gasteiger charge is 2.13. The molecule has 0 radical (unpaired) electrons. The lowest BCUT2D eigenvalue weighted by atomic mass is 10.2. The van der Waals surface area contributed by atoms with Crippen LogP contribution >= 0.6 is 11.6 Å². The lowest BCUT2D eigenvalue weighted by molar-refractivity contribution is 0.0963. The van der Waals surface area contributed by atoms with Crippen molar-refractivity contribution in [1.29, 1.82) is 0 Å². The number of nitrogens with one attached hydrogen (secondary N) is 2. The zero-order valence-electron chi connectivity index (χ0n) is 13.4. The zero-order chi connectivity index (χ0) is 18.0.